The minimum absolute atomic E-state index is 0.00143. The van der Waals surface area contributed by atoms with Crippen LogP contribution in [0.25, 0.3) is 11.3 Å². The van der Waals surface area contributed by atoms with Gasteiger partial charge >= 0.3 is 5.97 Å². The number of methoxy groups -OCH3 is 2. The largest absolute Gasteiger partial charge is 0.493 e. The Morgan fingerprint density at radius 3 is 2.46 bits per heavy atom. The maximum Gasteiger partial charge on any atom is 0.340 e. The first-order valence-corrected chi connectivity index (χ1v) is 13.2. The average Bonchev–Trinajstić information content (AvgIpc) is 3.60. The number of hydrogen-bond donors (Lipinski definition) is 2. The number of thiazole rings is 1. The van der Waals surface area contributed by atoms with Crippen LogP contribution >= 0.6 is 38.6 Å². The number of hydrogen-bond acceptors (Lipinski definition) is 9. The highest BCUT2D eigenvalue weighted by Crippen LogP contribution is 2.34. The lowest BCUT2D eigenvalue weighted by atomic mass is 10.1. The van der Waals surface area contributed by atoms with E-state index in [0.29, 0.717) is 21.5 Å². The molecule has 190 valence electrons. The summed E-state index contributed by atoms with van der Waals surface area (Å²) in [5, 5.41) is 9.27. The van der Waals surface area contributed by atoms with Crippen LogP contribution in [-0.4, -0.2) is 43.6 Å². The topological polar surface area (TPSA) is 116 Å². The van der Waals surface area contributed by atoms with Crippen molar-refractivity contribution in [2.75, 3.05) is 31.5 Å². The predicted octanol–water partition coefficient (Wildman–Crippen LogP) is 5.70. The SMILES string of the molecule is COc1cc(NC(=O)c2cccs2)c(C(=O)OCC(=O)Nc2nc(-c3cccc(Br)c3)cs2)cc1OC. The van der Waals surface area contributed by atoms with Gasteiger partial charge < -0.3 is 19.5 Å². The van der Waals surface area contributed by atoms with Crippen molar-refractivity contribution in [3.8, 4) is 22.8 Å². The summed E-state index contributed by atoms with van der Waals surface area (Å²) in [6, 6.07) is 13.9. The van der Waals surface area contributed by atoms with Crippen LogP contribution in [0.3, 0.4) is 0 Å². The van der Waals surface area contributed by atoms with Gasteiger partial charge in [0.15, 0.2) is 23.2 Å². The van der Waals surface area contributed by atoms with Gasteiger partial charge in [-0.15, -0.1) is 22.7 Å². The van der Waals surface area contributed by atoms with Crippen LogP contribution < -0.4 is 20.1 Å². The van der Waals surface area contributed by atoms with Crippen LogP contribution in [0.2, 0.25) is 0 Å². The summed E-state index contributed by atoms with van der Waals surface area (Å²) < 4.78 is 16.7. The number of nitrogens with one attached hydrogen (secondary N) is 2. The summed E-state index contributed by atoms with van der Waals surface area (Å²) >= 11 is 5.93. The number of anilines is 2. The first-order chi connectivity index (χ1) is 17.9. The van der Waals surface area contributed by atoms with E-state index in [0.717, 1.165) is 10.0 Å². The van der Waals surface area contributed by atoms with Crippen molar-refractivity contribution in [1.82, 2.24) is 4.98 Å². The van der Waals surface area contributed by atoms with Crippen LogP contribution in [0.4, 0.5) is 10.8 Å². The Kier molecular flexibility index (Phi) is 8.54. The third kappa shape index (κ3) is 6.53. The highest BCUT2D eigenvalue weighted by molar-refractivity contribution is 9.10. The summed E-state index contributed by atoms with van der Waals surface area (Å²) in [4.78, 5) is 42.8. The minimum Gasteiger partial charge on any atom is -0.493 e. The lowest BCUT2D eigenvalue weighted by Crippen LogP contribution is -2.22. The lowest BCUT2D eigenvalue weighted by molar-refractivity contribution is -0.119. The zero-order valence-electron chi connectivity index (χ0n) is 19.6. The fraction of sp³-hybridized carbons (Fsp3) is 0.120. The molecule has 0 atom stereocenters. The molecule has 2 heterocycles. The zero-order valence-corrected chi connectivity index (χ0v) is 22.8. The number of nitrogens with zero attached hydrogens (tertiary/aromatic N) is 1. The van der Waals surface area contributed by atoms with Gasteiger partial charge in [0.05, 0.1) is 36.0 Å². The number of amides is 2. The molecule has 9 nitrogen and oxygen atoms in total. The molecule has 2 amide bonds. The molecule has 2 N–H and O–H groups in total. The van der Waals surface area contributed by atoms with Gasteiger partial charge in [0.2, 0.25) is 0 Å². The van der Waals surface area contributed by atoms with Crippen molar-refractivity contribution in [2.24, 2.45) is 0 Å². The molecule has 0 unspecified atom stereocenters. The molecule has 0 aliphatic rings. The summed E-state index contributed by atoms with van der Waals surface area (Å²) in [6.07, 6.45) is 0. The van der Waals surface area contributed by atoms with E-state index < -0.39 is 24.4 Å². The normalized spacial score (nSPS) is 10.5. The Labute approximate surface area is 228 Å². The predicted molar refractivity (Wildman–Crippen MR) is 146 cm³/mol. The standard InChI is InChI=1S/C25H20BrN3O6S2/c1-33-19-10-16(17(11-20(19)34-2)27-23(31)21-7-4-8-36-21)24(32)35-12-22(30)29-25-28-18(13-37-25)14-5-3-6-15(26)9-14/h3-11,13H,12H2,1-2H3,(H,27,31)(H,28,29,30). The summed E-state index contributed by atoms with van der Waals surface area (Å²) in [5.41, 5.74) is 1.75. The first-order valence-electron chi connectivity index (χ1n) is 10.7. The number of aromatic nitrogens is 1. The van der Waals surface area contributed by atoms with Crippen LogP contribution in [0.5, 0.6) is 11.5 Å². The van der Waals surface area contributed by atoms with Gasteiger partial charge in [-0.3, -0.25) is 14.9 Å². The van der Waals surface area contributed by atoms with E-state index in [9.17, 15) is 14.4 Å². The van der Waals surface area contributed by atoms with Gasteiger partial charge in [-0.2, -0.15) is 0 Å². The molecule has 2 aromatic heterocycles. The van der Waals surface area contributed by atoms with Gasteiger partial charge in [-0.25, -0.2) is 9.78 Å². The highest BCUT2D eigenvalue weighted by Gasteiger charge is 2.21. The van der Waals surface area contributed by atoms with E-state index in [4.69, 9.17) is 14.2 Å². The fourth-order valence-corrected chi connectivity index (χ4v) is 4.97. The van der Waals surface area contributed by atoms with E-state index in [-0.39, 0.29) is 17.0 Å². The molecule has 0 saturated carbocycles. The maximum absolute atomic E-state index is 12.9. The van der Waals surface area contributed by atoms with Crippen molar-refractivity contribution < 1.29 is 28.6 Å². The van der Waals surface area contributed by atoms with Crippen LogP contribution in [0.1, 0.15) is 20.0 Å². The second-order valence-electron chi connectivity index (χ2n) is 7.36. The van der Waals surface area contributed by atoms with E-state index in [2.05, 4.69) is 31.5 Å². The molecule has 4 aromatic rings. The maximum atomic E-state index is 12.9. The number of carbonyl (C=O) groups excluding carboxylic acids is 3. The Balaban J connectivity index is 1.45. The van der Waals surface area contributed by atoms with Crippen molar-refractivity contribution >= 4 is 67.2 Å². The second kappa shape index (κ2) is 12.0. The zero-order chi connectivity index (χ0) is 26.4. The molecule has 0 aliphatic heterocycles. The van der Waals surface area contributed by atoms with Crippen molar-refractivity contribution in [3.63, 3.8) is 0 Å². The Morgan fingerprint density at radius 2 is 1.76 bits per heavy atom. The van der Waals surface area contributed by atoms with Crippen molar-refractivity contribution in [1.29, 1.82) is 0 Å². The van der Waals surface area contributed by atoms with E-state index >= 15 is 0 Å². The number of carbonyl (C=O) groups is 3. The number of halogens is 1. The van der Waals surface area contributed by atoms with E-state index in [1.54, 1.807) is 17.5 Å². The molecule has 4 rings (SSSR count). The molecule has 0 spiro atoms. The third-order valence-electron chi connectivity index (χ3n) is 4.94. The number of esters is 1. The molecular weight excluding hydrogens is 582 g/mol. The fourth-order valence-electron chi connectivity index (χ4n) is 3.22. The molecule has 0 saturated heterocycles. The minimum atomic E-state index is -0.827. The molecular formula is C25H20BrN3O6S2. The van der Waals surface area contributed by atoms with Gasteiger partial charge in [-0.1, -0.05) is 34.1 Å². The third-order valence-corrected chi connectivity index (χ3v) is 7.06. The number of ether oxygens (including phenoxy) is 3. The molecule has 0 bridgehead atoms. The molecule has 12 heteroatoms. The van der Waals surface area contributed by atoms with Crippen molar-refractivity contribution in [2.45, 2.75) is 0 Å². The Hall–Kier alpha value is -3.74. The Bertz CT molecular complexity index is 1440. The smallest absolute Gasteiger partial charge is 0.340 e. The van der Waals surface area contributed by atoms with Crippen LogP contribution in [-0.2, 0) is 9.53 Å². The summed E-state index contributed by atoms with van der Waals surface area (Å²) in [5.74, 6) is -1.22. The molecule has 0 radical (unpaired) electrons. The number of benzene rings is 2. The highest BCUT2D eigenvalue weighted by atomic mass is 79.9. The number of rotatable bonds is 9. The monoisotopic (exact) mass is 601 g/mol. The Morgan fingerprint density at radius 1 is 0.973 bits per heavy atom. The molecule has 0 fully saturated rings. The average molecular weight is 602 g/mol. The molecule has 2 aromatic carbocycles. The van der Waals surface area contributed by atoms with Gasteiger partial charge in [0.1, 0.15) is 0 Å². The van der Waals surface area contributed by atoms with E-state index in [1.807, 2.05) is 29.6 Å². The number of thiophene rings is 1. The van der Waals surface area contributed by atoms with Crippen LogP contribution in [0.15, 0.2) is 63.8 Å². The van der Waals surface area contributed by atoms with Crippen molar-refractivity contribution in [3.05, 3.63) is 74.2 Å². The summed E-state index contributed by atoms with van der Waals surface area (Å²) in [7, 11) is 2.85. The van der Waals surface area contributed by atoms with E-state index in [1.165, 1.54) is 49.0 Å². The second-order valence-corrected chi connectivity index (χ2v) is 10.1. The quantitative estimate of drug-likeness (QED) is 0.236. The first kappa shape index (κ1) is 26.3. The lowest BCUT2D eigenvalue weighted by Gasteiger charge is -2.15. The van der Waals surface area contributed by atoms with Gasteiger partial charge in [-0.05, 0) is 23.6 Å². The van der Waals surface area contributed by atoms with Crippen LogP contribution in [0, 0.1) is 0 Å². The molecule has 0 aliphatic carbocycles. The van der Waals surface area contributed by atoms with Gasteiger partial charge in [0, 0.05) is 27.5 Å². The molecule has 37 heavy (non-hydrogen) atoms. The summed E-state index contributed by atoms with van der Waals surface area (Å²) in [6.45, 7) is -0.558. The van der Waals surface area contributed by atoms with Gasteiger partial charge in [0.25, 0.3) is 11.8 Å².